The Kier molecular flexibility index (Phi) is 7.77. The fourth-order valence-electron chi connectivity index (χ4n) is 1.76. The number of hydrogen-bond donors (Lipinski definition) is 5. The zero-order chi connectivity index (χ0) is 20.6. The number of non-ortho nitro benzene ring substituents is 1. The van der Waals surface area contributed by atoms with Gasteiger partial charge in [0.25, 0.3) is 5.69 Å². The molecule has 1 atom stereocenters. The van der Waals surface area contributed by atoms with Crippen molar-refractivity contribution in [1.82, 2.24) is 15.4 Å². The third-order valence-electron chi connectivity index (χ3n) is 3.04. The lowest BCUT2D eigenvalue weighted by Crippen LogP contribution is -2.50. The van der Waals surface area contributed by atoms with Crippen LogP contribution >= 0.6 is 0 Å². The SMILES string of the molecule is O=C(O)CNCC(NC(=O)CNS(=O)(=O)c1ccc([N+](=O)[O-])cc1)C(=O)O. The molecule has 27 heavy (non-hydrogen) atoms. The summed E-state index contributed by atoms with van der Waals surface area (Å²) in [5.41, 5.74) is -0.315. The normalized spacial score (nSPS) is 12.1. The predicted molar refractivity (Wildman–Crippen MR) is 88.4 cm³/mol. The number of carbonyl (C=O) groups is 3. The van der Waals surface area contributed by atoms with E-state index in [1.54, 1.807) is 0 Å². The first-order valence-corrected chi connectivity index (χ1v) is 8.70. The number of nitro groups is 1. The van der Waals surface area contributed by atoms with Crippen molar-refractivity contribution in [3.05, 3.63) is 34.4 Å². The third-order valence-corrected chi connectivity index (χ3v) is 4.46. The van der Waals surface area contributed by atoms with Crippen molar-refractivity contribution < 1.29 is 37.9 Å². The highest BCUT2D eigenvalue weighted by Crippen LogP contribution is 2.15. The van der Waals surface area contributed by atoms with Gasteiger partial charge in [0.1, 0.15) is 6.04 Å². The molecule has 0 aliphatic rings. The van der Waals surface area contributed by atoms with E-state index in [1.807, 2.05) is 10.0 Å². The molecule has 1 aromatic rings. The number of nitrogens with zero attached hydrogens (tertiary/aromatic N) is 1. The van der Waals surface area contributed by atoms with E-state index in [0.717, 1.165) is 24.3 Å². The summed E-state index contributed by atoms with van der Waals surface area (Å²) < 4.78 is 26.0. The molecule has 1 rings (SSSR count). The summed E-state index contributed by atoms with van der Waals surface area (Å²) in [6.07, 6.45) is 0. The van der Waals surface area contributed by atoms with Crippen molar-refractivity contribution in [2.24, 2.45) is 0 Å². The zero-order valence-electron chi connectivity index (χ0n) is 13.6. The molecule has 0 aliphatic carbocycles. The second-order valence-corrected chi connectivity index (χ2v) is 6.83. The zero-order valence-corrected chi connectivity index (χ0v) is 14.4. The Bertz CT molecular complexity index is 823. The van der Waals surface area contributed by atoms with Gasteiger partial charge in [-0.1, -0.05) is 0 Å². The average molecular weight is 404 g/mol. The van der Waals surface area contributed by atoms with E-state index < -0.39 is 51.9 Å². The molecule has 1 unspecified atom stereocenters. The molecule has 0 aliphatic heterocycles. The number of amides is 1. The largest absolute Gasteiger partial charge is 0.480 e. The van der Waals surface area contributed by atoms with Crippen LogP contribution in [0.15, 0.2) is 29.2 Å². The molecular formula is C13H16N4O9S. The van der Waals surface area contributed by atoms with E-state index in [0.29, 0.717) is 0 Å². The highest BCUT2D eigenvalue weighted by Gasteiger charge is 2.22. The van der Waals surface area contributed by atoms with Gasteiger partial charge in [0.15, 0.2) is 0 Å². The van der Waals surface area contributed by atoms with E-state index in [1.165, 1.54) is 0 Å². The number of benzene rings is 1. The van der Waals surface area contributed by atoms with Crippen LogP contribution in [-0.4, -0.2) is 67.1 Å². The minimum absolute atomic E-state index is 0.315. The van der Waals surface area contributed by atoms with Crippen molar-refractivity contribution in [2.45, 2.75) is 10.9 Å². The van der Waals surface area contributed by atoms with Gasteiger partial charge in [-0.3, -0.25) is 19.7 Å². The molecular weight excluding hydrogens is 388 g/mol. The molecule has 0 heterocycles. The maximum Gasteiger partial charge on any atom is 0.327 e. The number of aliphatic carboxylic acids is 2. The molecule has 0 spiro atoms. The molecule has 148 valence electrons. The smallest absolute Gasteiger partial charge is 0.327 e. The number of rotatable bonds is 11. The number of carbonyl (C=O) groups excluding carboxylic acids is 1. The Morgan fingerprint density at radius 1 is 1.11 bits per heavy atom. The number of carboxylic acids is 2. The van der Waals surface area contributed by atoms with Crippen LogP contribution in [-0.2, 0) is 24.4 Å². The Morgan fingerprint density at radius 3 is 2.19 bits per heavy atom. The molecule has 0 radical (unpaired) electrons. The van der Waals surface area contributed by atoms with Crippen LogP contribution < -0.4 is 15.4 Å². The summed E-state index contributed by atoms with van der Waals surface area (Å²) in [6.45, 7) is -1.70. The maximum atomic E-state index is 12.0. The van der Waals surface area contributed by atoms with E-state index >= 15 is 0 Å². The molecule has 0 saturated heterocycles. The predicted octanol–water partition coefficient (Wildman–Crippen LogP) is -1.88. The fourth-order valence-corrected chi connectivity index (χ4v) is 2.74. The van der Waals surface area contributed by atoms with E-state index in [9.17, 15) is 32.9 Å². The average Bonchev–Trinajstić information content (AvgIpc) is 2.59. The molecule has 14 heteroatoms. The highest BCUT2D eigenvalue weighted by molar-refractivity contribution is 7.89. The summed E-state index contributed by atoms with van der Waals surface area (Å²) in [5, 5.41) is 32.3. The first-order valence-electron chi connectivity index (χ1n) is 7.21. The lowest BCUT2D eigenvalue weighted by molar-refractivity contribution is -0.384. The first kappa shape index (κ1) is 21.9. The topological polar surface area (TPSA) is 205 Å². The summed E-state index contributed by atoms with van der Waals surface area (Å²) in [7, 11) is -4.16. The summed E-state index contributed by atoms with van der Waals surface area (Å²) in [6, 6.07) is 2.44. The van der Waals surface area contributed by atoms with Gasteiger partial charge in [-0.2, -0.15) is 0 Å². The Labute approximate surface area is 152 Å². The summed E-state index contributed by atoms with van der Waals surface area (Å²) in [4.78, 5) is 42.7. The van der Waals surface area contributed by atoms with Crippen LogP contribution in [0, 0.1) is 10.1 Å². The Morgan fingerprint density at radius 2 is 1.70 bits per heavy atom. The quantitative estimate of drug-likeness (QED) is 0.205. The van der Waals surface area contributed by atoms with Crippen LogP contribution in [0.3, 0.4) is 0 Å². The monoisotopic (exact) mass is 404 g/mol. The lowest BCUT2D eigenvalue weighted by Gasteiger charge is -2.15. The second-order valence-electron chi connectivity index (χ2n) is 5.06. The van der Waals surface area contributed by atoms with Crippen molar-refractivity contribution in [2.75, 3.05) is 19.6 Å². The second kappa shape index (κ2) is 9.56. The van der Waals surface area contributed by atoms with E-state index in [-0.39, 0.29) is 17.1 Å². The number of nitro benzene ring substituents is 1. The van der Waals surface area contributed by atoms with Gasteiger partial charge >= 0.3 is 11.9 Å². The Balaban J connectivity index is 2.63. The lowest BCUT2D eigenvalue weighted by atomic mass is 10.3. The molecule has 13 nitrogen and oxygen atoms in total. The van der Waals surface area contributed by atoms with Crippen LogP contribution in [0.25, 0.3) is 0 Å². The summed E-state index contributed by atoms with van der Waals surface area (Å²) in [5.74, 6) is -3.63. The molecule has 0 aromatic heterocycles. The minimum Gasteiger partial charge on any atom is -0.480 e. The van der Waals surface area contributed by atoms with Crippen molar-refractivity contribution in [3.63, 3.8) is 0 Å². The molecule has 0 bridgehead atoms. The van der Waals surface area contributed by atoms with E-state index in [4.69, 9.17) is 10.2 Å². The molecule has 0 fully saturated rings. The van der Waals surface area contributed by atoms with E-state index in [2.05, 4.69) is 5.32 Å². The standard InChI is InChI=1S/C13H16N4O9S/c18-11(16-10(13(21)22)5-14-7-12(19)20)6-15-27(25,26)9-3-1-8(2-4-9)17(23)24/h1-4,10,14-15H,5-7H2,(H,16,18)(H,19,20)(H,21,22). The first-order chi connectivity index (χ1) is 12.5. The molecule has 5 N–H and O–H groups in total. The van der Waals surface area contributed by atoms with Crippen LogP contribution in [0.5, 0.6) is 0 Å². The van der Waals surface area contributed by atoms with Crippen LogP contribution in [0.1, 0.15) is 0 Å². The Hall–Kier alpha value is -3.10. The third kappa shape index (κ3) is 7.35. The summed E-state index contributed by atoms with van der Waals surface area (Å²) >= 11 is 0. The minimum atomic E-state index is -4.16. The number of hydrogen-bond acceptors (Lipinski definition) is 8. The molecule has 1 aromatic carbocycles. The van der Waals surface area contributed by atoms with Gasteiger partial charge in [0, 0.05) is 18.7 Å². The molecule has 1 amide bonds. The molecule has 0 saturated carbocycles. The van der Waals surface area contributed by atoms with Crippen molar-refractivity contribution >= 4 is 33.6 Å². The number of sulfonamides is 1. The van der Waals surface area contributed by atoms with Gasteiger partial charge < -0.3 is 20.8 Å². The van der Waals surface area contributed by atoms with Crippen LogP contribution in [0.2, 0.25) is 0 Å². The number of nitrogens with one attached hydrogen (secondary N) is 3. The number of carboxylic acid groups (broad SMARTS) is 2. The fraction of sp³-hybridized carbons (Fsp3) is 0.308. The highest BCUT2D eigenvalue weighted by atomic mass is 32.2. The van der Waals surface area contributed by atoms with Crippen molar-refractivity contribution in [1.29, 1.82) is 0 Å². The van der Waals surface area contributed by atoms with Gasteiger partial charge in [0.2, 0.25) is 15.9 Å². The van der Waals surface area contributed by atoms with Gasteiger partial charge in [0.05, 0.1) is 22.9 Å². The maximum absolute atomic E-state index is 12.0. The van der Waals surface area contributed by atoms with Crippen molar-refractivity contribution in [3.8, 4) is 0 Å². The van der Waals surface area contributed by atoms with Crippen LogP contribution in [0.4, 0.5) is 5.69 Å². The van der Waals surface area contributed by atoms with Gasteiger partial charge in [-0.15, -0.1) is 0 Å². The van der Waals surface area contributed by atoms with Gasteiger partial charge in [-0.05, 0) is 12.1 Å². The van der Waals surface area contributed by atoms with Gasteiger partial charge in [-0.25, -0.2) is 17.9 Å².